The number of rotatable bonds is 6. The van der Waals surface area contributed by atoms with E-state index in [-0.39, 0.29) is 29.4 Å². The highest BCUT2D eigenvalue weighted by molar-refractivity contribution is 9.10. The Labute approximate surface area is 216 Å². The van der Waals surface area contributed by atoms with Gasteiger partial charge < -0.3 is 19.4 Å². The molecule has 0 fully saturated rings. The Morgan fingerprint density at radius 3 is 2.53 bits per heavy atom. The highest BCUT2D eigenvalue weighted by atomic mass is 79.9. The van der Waals surface area contributed by atoms with E-state index in [9.17, 15) is 14.7 Å². The molecule has 0 aliphatic rings. The summed E-state index contributed by atoms with van der Waals surface area (Å²) in [5.74, 6) is -0.977. The molecule has 0 saturated heterocycles. The molecular weight excluding hydrogens is 520 g/mol. The molecule has 182 valence electrons. The van der Waals surface area contributed by atoms with Crippen molar-refractivity contribution in [2.75, 3.05) is 6.61 Å². The van der Waals surface area contributed by atoms with E-state index >= 15 is 0 Å². The van der Waals surface area contributed by atoms with Gasteiger partial charge in [-0.3, -0.25) is 9.59 Å². The molecule has 0 radical (unpaired) electrons. The van der Waals surface area contributed by atoms with Gasteiger partial charge in [-0.2, -0.15) is 0 Å². The number of fused-ring (bicyclic) bond motifs is 2. The van der Waals surface area contributed by atoms with E-state index in [0.29, 0.717) is 17.3 Å². The number of benzene rings is 3. The van der Waals surface area contributed by atoms with Gasteiger partial charge in [-0.25, -0.2) is 0 Å². The van der Waals surface area contributed by atoms with Gasteiger partial charge in [-0.1, -0.05) is 58.4 Å². The van der Waals surface area contributed by atoms with Gasteiger partial charge in [0, 0.05) is 46.8 Å². The maximum Gasteiger partial charge on any atom is 0.302 e. The molecule has 2 N–H and O–H groups in total. The lowest BCUT2D eigenvalue weighted by Crippen LogP contribution is -2.25. The number of ether oxygens (including phenoxy) is 1. The lowest BCUT2D eigenvalue weighted by Gasteiger charge is -2.22. The number of aryl methyl sites for hydroxylation is 1. The molecule has 0 aliphatic carbocycles. The molecule has 2 heterocycles. The van der Waals surface area contributed by atoms with Crippen molar-refractivity contribution < 1.29 is 14.6 Å². The van der Waals surface area contributed by atoms with Gasteiger partial charge in [0.2, 0.25) is 0 Å². The number of carbonyl (C=O) groups is 1. The number of hydrogen-bond donors (Lipinski definition) is 2. The van der Waals surface area contributed by atoms with Crippen LogP contribution in [-0.4, -0.2) is 27.2 Å². The van der Waals surface area contributed by atoms with Crippen molar-refractivity contribution in [2.24, 2.45) is 7.05 Å². The number of para-hydroxylation sites is 2. The molecule has 0 spiro atoms. The second-order valence-electron chi connectivity index (χ2n) is 8.78. The molecule has 1 atom stereocenters. The smallest absolute Gasteiger partial charge is 0.302 e. The van der Waals surface area contributed by atoms with Crippen LogP contribution in [0, 0.1) is 0 Å². The third-order valence-corrected chi connectivity index (χ3v) is 7.07. The predicted octanol–water partition coefficient (Wildman–Crippen LogP) is 5.77. The van der Waals surface area contributed by atoms with Gasteiger partial charge in [0.1, 0.15) is 5.75 Å². The monoisotopic (exact) mass is 544 g/mol. The van der Waals surface area contributed by atoms with Crippen LogP contribution >= 0.6 is 15.9 Å². The average molecular weight is 545 g/mol. The van der Waals surface area contributed by atoms with Crippen molar-refractivity contribution in [2.45, 2.75) is 19.3 Å². The van der Waals surface area contributed by atoms with E-state index in [4.69, 9.17) is 4.74 Å². The van der Waals surface area contributed by atoms with Gasteiger partial charge in [-0.15, -0.1) is 0 Å². The number of nitrogens with one attached hydrogen (secondary N) is 1. The number of nitrogens with zero attached hydrogens (tertiary/aromatic N) is 1. The first-order valence-electron chi connectivity index (χ1n) is 11.7. The summed E-state index contributed by atoms with van der Waals surface area (Å²) in [7, 11) is 1.72. The topological polar surface area (TPSA) is 84.3 Å². The minimum atomic E-state index is -0.592. The maximum atomic E-state index is 13.8. The molecule has 0 aliphatic heterocycles. The predicted molar refractivity (Wildman–Crippen MR) is 145 cm³/mol. The minimum Gasteiger partial charge on any atom is -0.507 e. The van der Waals surface area contributed by atoms with E-state index in [1.807, 2.05) is 72.8 Å². The summed E-state index contributed by atoms with van der Waals surface area (Å²) in [5.41, 5.74) is 4.13. The fourth-order valence-electron chi connectivity index (χ4n) is 4.96. The Hall–Kier alpha value is -3.84. The van der Waals surface area contributed by atoms with Crippen LogP contribution in [0.3, 0.4) is 0 Å². The first-order valence-corrected chi connectivity index (χ1v) is 12.4. The quantitative estimate of drug-likeness (QED) is 0.265. The molecular formula is C29H25BrN2O4. The molecule has 5 rings (SSSR count). The minimum absolute atomic E-state index is 0.0386. The molecule has 2 aromatic heterocycles. The van der Waals surface area contributed by atoms with Crippen molar-refractivity contribution in [1.82, 2.24) is 9.55 Å². The molecule has 1 unspecified atom stereocenters. The first-order chi connectivity index (χ1) is 17.4. The zero-order valence-electron chi connectivity index (χ0n) is 19.9. The summed E-state index contributed by atoms with van der Waals surface area (Å²) in [6.07, 6.45) is 0.456. The van der Waals surface area contributed by atoms with E-state index in [0.717, 1.165) is 32.2 Å². The second kappa shape index (κ2) is 9.66. The highest BCUT2D eigenvalue weighted by Crippen LogP contribution is 2.41. The number of halogens is 1. The van der Waals surface area contributed by atoms with E-state index < -0.39 is 5.92 Å². The van der Waals surface area contributed by atoms with E-state index in [1.165, 1.54) is 6.92 Å². The van der Waals surface area contributed by atoms with Crippen LogP contribution in [-0.2, 0) is 23.0 Å². The Kier molecular flexibility index (Phi) is 6.41. The second-order valence-corrected chi connectivity index (χ2v) is 9.70. The molecule has 3 aromatic carbocycles. The third-order valence-electron chi connectivity index (χ3n) is 6.57. The Balaban J connectivity index is 1.83. The molecule has 36 heavy (non-hydrogen) atoms. The van der Waals surface area contributed by atoms with Crippen molar-refractivity contribution in [3.05, 3.63) is 110 Å². The van der Waals surface area contributed by atoms with Crippen LogP contribution in [0.4, 0.5) is 0 Å². The number of hydrogen-bond acceptors (Lipinski definition) is 4. The number of pyridine rings is 1. The zero-order chi connectivity index (χ0) is 25.4. The standard InChI is InChI=1S/C29H25BrN2O4/c1-17(33)36-15-14-21-20-10-3-5-12-23(20)31-27(21)25(18-8-7-9-19(30)16-18)26-28(34)22-11-4-6-13-24(22)32(2)29(26)35/h3-13,16,25,31,34H,14-15H2,1-2H3. The summed E-state index contributed by atoms with van der Waals surface area (Å²) >= 11 is 3.56. The van der Waals surface area contributed by atoms with Crippen molar-refractivity contribution >= 4 is 43.7 Å². The number of carbonyl (C=O) groups excluding carboxylic acids is 1. The molecule has 0 amide bonds. The fourth-order valence-corrected chi connectivity index (χ4v) is 5.38. The van der Waals surface area contributed by atoms with Gasteiger partial charge >= 0.3 is 5.97 Å². The summed E-state index contributed by atoms with van der Waals surface area (Å²) in [4.78, 5) is 28.8. The summed E-state index contributed by atoms with van der Waals surface area (Å²) in [6.45, 7) is 1.59. The van der Waals surface area contributed by atoms with Crippen molar-refractivity contribution in [1.29, 1.82) is 0 Å². The number of H-pyrrole nitrogens is 1. The van der Waals surface area contributed by atoms with Crippen molar-refractivity contribution in [3.8, 4) is 5.75 Å². The number of aromatic hydroxyl groups is 1. The van der Waals surface area contributed by atoms with Gasteiger partial charge in [0.05, 0.1) is 23.6 Å². The molecule has 5 aromatic rings. The Bertz CT molecular complexity index is 1670. The number of aromatic nitrogens is 2. The van der Waals surface area contributed by atoms with Crippen LogP contribution in [0.25, 0.3) is 21.8 Å². The Morgan fingerprint density at radius 2 is 1.78 bits per heavy atom. The lowest BCUT2D eigenvalue weighted by molar-refractivity contribution is -0.140. The Morgan fingerprint density at radius 1 is 1.06 bits per heavy atom. The fraction of sp³-hybridized carbons (Fsp3) is 0.172. The molecule has 0 saturated carbocycles. The third kappa shape index (κ3) is 4.20. The van der Waals surface area contributed by atoms with Gasteiger partial charge in [0.25, 0.3) is 5.56 Å². The van der Waals surface area contributed by atoms with E-state index in [1.54, 1.807) is 11.6 Å². The largest absolute Gasteiger partial charge is 0.507 e. The highest BCUT2D eigenvalue weighted by Gasteiger charge is 2.30. The maximum absolute atomic E-state index is 13.8. The summed E-state index contributed by atoms with van der Waals surface area (Å²) in [5, 5.41) is 13.1. The van der Waals surface area contributed by atoms with Crippen LogP contribution in [0.2, 0.25) is 0 Å². The summed E-state index contributed by atoms with van der Waals surface area (Å²) < 4.78 is 7.72. The zero-order valence-corrected chi connectivity index (χ0v) is 21.5. The summed E-state index contributed by atoms with van der Waals surface area (Å²) in [6, 6.07) is 23.0. The molecule has 6 nitrogen and oxygen atoms in total. The number of esters is 1. The number of aromatic amines is 1. The SMILES string of the molecule is CC(=O)OCCc1c(C(c2cccc(Br)c2)c2c(O)c3ccccc3n(C)c2=O)[nH]c2ccccc12. The van der Waals surface area contributed by atoms with Crippen LogP contribution in [0.1, 0.15) is 35.2 Å². The van der Waals surface area contributed by atoms with Crippen LogP contribution in [0.15, 0.2) is 82.1 Å². The van der Waals surface area contributed by atoms with Crippen LogP contribution in [0.5, 0.6) is 5.75 Å². The molecule has 7 heteroatoms. The normalized spacial score (nSPS) is 12.2. The van der Waals surface area contributed by atoms with Crippen LogP contribution < -0.4 is 5.56 Å². The van der Waals surface area contributed by atoms with Crippen molar-refractivity contribution in [3.63, 3.8) is 0 Å². The molecule has 0 bridgehead atoms. The average Bonchev–Trinajstić information content (AvgIpc) is 3.23. The van der Waals surface area contributed by atoms with Gasteiger partial charge in [0.15, 0.2) is 0 Å². The van der Waals surface area contributed by atoms with Gasteiger partial charge in [-0.05, 0) is 41.5 Å². The first kappa shape index (κ1) is 23.9. The van der Waals surface area contributed by atoms with E-state index in [2.05, 4.69) is 20.9 Å². The lowest BCUT2D eigenvalue weighted by atomic mass is 9.85.